The van der Waals surface area contributed by atoms with Crippen molar-refractivity contribution in [2.45, 2.75) is 0 Å². The predicted octanol–water partition coefficient (Wildman–Crippen LogP) is -1.08. The Labute approximate surface area is 61.3 Å². The number of hydrogen-bond acceptors (Lipinski definition) is 3. The maximum Gasteiger partial charge on any atom is 0.210 e. The van der Waals surface area contributed by atoms with Gasteiger partial charge < -0.3 is 5.32 Å². The highest BCUT2D eigenvalue weighted by molar-refractivity contribution is 7.89. The van der Waals surface area contributed by atoms with Crippen molar-refractivity contribution >= 4 is 22.4 Å². The number of nitrogens with two attached hydrogens (primary N) is 1. The van der Waals surface area contributed by atoms with Crippen molar-refractivity contribution in [2.24, 2.45) is 5.14 Å². The first kappa shape index (κ1) is 11.9. The van der Waals surface area contributed by atoms with Crippen LogP contribution >= 0.6 is 12.4 Å². The van der Waals surface area contributed by atoms with E-state index in [1.807, 2.05) is 0 Å². The fraction of sp³-hybridized carbons (Fsp3) is 1.00. The van der Waals surface area contributed by atoms with Gasteiger partial charge in [-0.2, -0.15) is 0 Å². The van der Waals surface area contributed by atoms with Crippen LogP contribution in [0.5, 0.6) is 0 Å². The van der Waals surface area contributed by atoms with Gasteiger partial charge in [-0.25, -0.2) is 13.6 Å². The summed E-state index contributed by atoms with van der Waals surface area (Å²) in [5.74, 6) is 0.00347. The fourth-order valence-corrected chi connectivity index (χ4v) is 0.733. The third-order valence-electron chi connectivity index (χ3n) is 0.637. The van der Waals surface area contributed by atoms with Gasteiger partial charge in [-0.05, 0) is 7.05 Å². The monoisotopic (exact) mass is 174 g/mol. The summed E-state index contributed by atoms with van der Waals surface area (Å²) in [5.41, 5.74) is 0. The van der Waals surface area contributed by atoms with Crippen LogP contribution in [0.1, 0.15) is 0 Å². The topological polar surface area (TPSA) is 72.2 Å². The Morgan fingerprint density at radius 1 is 1.56 bits per heavy atom. The van der Waals surface area contributed by atoms with Crippen LogP contribution in [0.3, 0.4) is 0 Å². The van der Waals surface area contributed by atoms with Crippen LogP contribution in [0.25, 0.3) is 0 Å². The average molecular weight is 175 g/mol. The van der Waals surface area contributed by atoms with Crippen molar-refractivity contribution in [1.82, 2.24) is 5.32 Å². The zero-order chi connectivity index (χ0) is 6.62. The van der Waals surface area contributed by atoms with E-state index in [1.54, 1.807) is 7.05 Å². The zero-order valence-electron chi connectivity index (χ0n) is 5.12. The smallest absolute Gasteiger partial charge is 0.210 e. The minimum Gasteiger partial charge on any atom is -0.319 e. The fourth-order valence-electron chi connectivity index (χ4n) is 0.244. The molecule has 0 aliphatic heterocycles. The molecule has 4 nitrogen and oxygen atoms in total. The first-order valence-corrected chi connectivity index (χ1v) is 3.93. The number of rotatable bonds is 3. The summed E-state index contributed by atoms with van der Waals surface area (Å²) in [6.45, 7) is 0.416. The van der Waals surface area contributed by atoms with Gasteiger partial charge in [-0.15, -0.1) is 12.4 Å². The van der Waals surface area contributed by atoms with Crippen LogP contribution in [-0.4, -0.2) is 27.8 Å². The van der Waals surface area contributed by atoms with E-state index in [1.165, 1.54) is 0 Å². The van der Waals surface area contributed by atoms with E-state index in [0.717, 1.165) is 0 Å². The Balaban J connectivity index is 0. The molecular formula is C3H11ClN2O2S. The molecule has 0 aromatic rings. The zero-order valence-corrected chi connectivity index (χ0v) is 6.76. The highest BCUT2D eigenvalue weighted by atomic mass is 35.5. The number of hydrogen-bond donors (Lipinski definition) is 2. The van der Waals surface area contributed by atoms with Crippen LogP contribution in [0, 0.1) is 0 Å². The van der Waals surface area contributed by atoms with Gasteiger partial charge in [0.15, 0.2) is 0 Å². The van der Waals surface area contributed by atoms with Crippen LogP contribution < -0.4 is 10.5 Å². The molecule has 0 aliphatic carbocycles. The van der Waals surface area contributed by atoms with Crippen LogP contribution in [-0.2, 0) is 10.0 Å². The third kappa shape index (κ3) is 11.6. The lowest BCUT2D eigenvalue weighted by Gasteiger charge is -1.93. The molecule has 0 rings (SSSR count). The quantitative estimate of drug-likeness (QED) is 0.572. The molecule has 58 valence electrons. The van der Waals surface area contributed by atoms with Crippen LogP contribution in [0.4, 0.5) is 0 Å². The van der Waals surface area contributed by atoms with E-state index in [0.29, 0.717) is 6.54 Å². The molecule has 0 heterocycles. The van der Waals surface area contributed by atoms with E-state index >= 15 is 0 Å². The second-order valence-electron chi connectivity index (χ2n) is 1.47. The van der Waals surface area contributed by atoms with Gasteiger partial charge in [0.05, 0.1) is 5.75 Å². The van der Waals surface area contributed by atoms with Crippen molar-refractivity contribution in [3.05, 3.63) is 0 Å². The number of primary sulfonamides is 1. The van der Waals surface area contributed by atoms with Crippen molar-refractivity contribution < 1.29 is 8.42 Å². The minimum atomic E-state index is -3.25. The Morgan fingerprint density at radius 3 is 2.11 bits per heavy atom. The molecule has 0 saturated heterocycles. The highest BCUT2D eigenvalue weighted by Crippen LogP contribution is 1.71. The predicted molar refractivity (Wildman–Crippen MR) is 39.1 cm³/mol. The molecule has 6 heteroatoms. The van der Waals surface area contributed by atoms with E-state index in [9.17, 15) is 8.42 Å². The number of nitrogens with one attached hydrogen (secondary N) is 1. The molecule has 9 heavy (non-hydrogen) atoms. The molecule has 0 fully saturated rings. The number of halogens is 1. The van der Waals surface area contributed by atoms with Crippen LogP contribution in [0.15, 0.2) is 0 Å². The lowest BCUT2D eigenvalue weighted by molar-refractivity contribution is 0.595. The maximum atomic E-state index is 10.1. The number of sulfonamides is 1. The van der Waals surface area contributed by atoms with Crippen molar-refractivity contribution in [1.29, 1.82) is 0 Å². The van der Waals surface area contributed by atoms with Crippen molar-refractivity contribution in [3.8, 4) is 0 Å². The Hall–Kier alpha value is 0.160. The van der Waals surface area contributed by atoms with Crippen molar-refractivity contribution in [2.75, 3.05) is 19.3 Å². The molecule has 0 bridgehead atoms. The molecule has 0 saturated carbocycles. The molecule has 0 spiro atoms. The molecule has 0 amide bonds. The van der Waals surface area contributed by atoms with Gasteiger partial charge in [0.25, 0.3) is 0 Å². The second kappa shape index (κ2) is 4.99. The summed E-state index contributed by atoms with van der Waals surface area (Å²) < 4.78 is 20.3. The van der Waals surface area contributed by atoms with Gasteiger partial charge in [-0.3, -0.25) is 0 Å². The summed E-state index contributed by atoms with van der Waals surface area (Å²) in [4.78, 5) is 0. The average Bonchev–Trinajstić information content (AvgIpc) is 1.59. The van der Waals surface area contributed by atoms with E-state index in [4.69, 9.17) is 0 Å². The normalized spacial score (nSPS) is 10.4. The lowest BCUT2D eigenvalue weighted by Crippen LogP contribution is -2.24. The summed E-state index contributed by atoms with van der Waals surface area (Å²) in [7, 11) is -1.58. The summed E-state index contributed by atoms with van der Waals surface area (Å²) in [5, 5.41) is 7.32. The molecule has 0 atom stereocenters. The first-order valence-electron chi connectivity index (χ1n) is 2.21. The summed E-state index contributed by atoms with van der Waals surface area (Å²) in [6.07, 6.45) is 0. The Kier molecular flexibility index (Phi) is 6.59. The van der Waals surface area contributed by atoms with Gasteiger partial charge in [0.1, 0.15) is 0 Å². The first-order chi connectivity index (χ1) is 3.56. The summed E-state index contributed by atoms with van der Waals surface area (Å²) >= 11 is 0. The molecule has 0 unspecified atom stereocenters. The Morgan fingerprint density at radius 2 is 2.00 bits per heavy atom. The Bertz CT molecular complexity index is 144. The summed E-state index contributed by atoms with van der Waals surface area (Å²) in [6, 6.07) is 0. The van der Waals surface area contributed by atoms with E-state index in [2.05, 4.69) is 10.5 Å². The molecule has 0 aromatic carbocycles. The third-order valence-corrected chi connectivity index (χ3v) is 1.41. The molecule has 3 N–H and O–H groups in total. The van der Waals surface area contributed by atoms with Gasteiger partial charge in [0, 0.05) is 6.54 Å². The van der Waals surface area contributed by atoms with E-state index < -0.39 is 10.0 Å². The molecule has 0 aromatic heterocycles. The molecular weight excluding hydrogens is 164 g/mol. The van der Waals surface area contributed by atoms with Crippen LogP contribution in [0.2, 0.25) is 0 Å². The molecule has 0 radical (unpaired) electrons. The van der Waals surface area contributed by atoms with E-state index in [-0.39, 0.29) is 18.2 Å². The van der Waals surface area contributed by atoms with Gasteiger partial charge >= 0.3 is 0 Å². The second-order valence-corrected chi connectivity index (χ2v) is 3.20. The van der Waals surface area contributed by atoms with Gasteiger partial charge in [-0.1, -0.05) is 0 Å². The van der Waals surface area contributed by atoms with Gasteiger partial charge in [0.2, 0.25) is 10.0 Å². The largest absolute Gasteiger partial charge is 0.319 e. The molecule has 0 aliphatic rings. The standard InChI is InChI=1S/C3H10N2O2S.ClH/c1-5-2-3-8(4,6)7;/h5H,2-3H2,1H3,(H2,4,6,7);1H. The highest BCUT2D eigenvalue weighted by Gasteiger charge is 1.97. The lowest BCUT2D eigenvalue weighted by atomic mass is 10.8. The SMILES string of the molecule is CNCCS(N)(=O)=O.Cl. The minimum absolute atomic E-state index is 0. The maximum absolute atomic E-state index is 10.1. The van der Waals surface area contributed by atoms with Crippen molar-refractivity contribution in [3.63, 3.8) is 0 Å².